The van der Waals surface area contributed by atoms with Gasteiger partial charge in [-0.1, -0.05) is 15.9 Å². The molecular formula is C9H6Br2N2. The fourth-order valence-electron chi connectivity index (χ4n) is 1.21. The minimum atomic E-state index is 0.692. The third kappa shape index (κ3) is 1.69. The van der Waals surface area contributed by atoms with E-state index < -0.39 is 0 Å². The number of benzene rings is 1. The Labute approximate surface area is 92.4 Å². The highest BCUT2D eigenvalue weighted by Gasteiger charge is 2.01. The first kappa shape index (κ1) is 8.97. The van der Waals surface area contributed by atoms with Crippen molar-refractivity contribution in [1.29, 1.82) is 0 Å². The fourth-order valence-corrected chi connectivity index (χ4v) is 2.06. The maximum Gasteiger partial charge on any atom is 0.0932 e. The number of rotatable bonds is 0. The molecule has 0 radical (unpaired) electrons. The number of pyridine rings is 1. The summed E-state index contributed by atoms with van der Waals surface area (Å²) in [5.74, 6) is 0. The first-order chi connectivity index (χ1) is 6.16. The van der Waals surface area contributed by atoms with Gasteiger partial charge in [0.05, 0.1) is 11.2 Å². The van der Waals surface area contributed by atoms with Crippen LogP contribution in [0.4, 0.5) is 5.69 Å². The fraction of sp³-hybridized carbons (Fsp3) is 0. The van der Waals surface area contributed by atoms with Crippen LogP contribution in [0.5, 0.6) is 0 Å². The molecule has 1 aromatic heterocycles. The molecule has 1 aromatic carbocycles. The number of nitrogens with two attached hydrogens (primary N) is 1. The zero-order chi connectivity index (χ0) is 9.42. The third-order valence-electron chi connectivity index (χ3n) is 1.74. The summed E-state index contributed by atoms with van der Waals surface area (Å²) >= 11 is 6.75. The van der Waals surface area contributed by atoms with E-state index in [1.165, 1.54) is 0 Å². The second kappa shape index (κ2) is 3.27. The predicted molar refractivity (Wildman–Crippen MR) is 61.6 cm³/mol. The number of hydrogen-bond donors (Lipinski definition) is 1. The molecule has 2 rings (SSSR count). The summed E-state index contributed by atoms with van der Waals surface area (Å²) in [4.78, 5) is 4.23. The van der Waals surface area contributed by atoms with Gasteiger partial charge in [0.1, 0.15) is 0 Å². The van der Waals surface area contributed by atoms with Gasteiger partial charge in [-0.05, 0) is 34.1 Å². The Kier molecular flexibility index (Phi) is 2.26. The van der Waals surface area contributed by atoms with Crippen molar-refractivity contribution < 1.29 is 0 Å². The second-order valence-corrected chi connectivity index (χ2v) is 4.55. The number of halogens is 2. The van der Waals surface area contributed by atoms with Crippen LogP contribution < -0.4 is 5.73 Å². The molecule has 0 aliphatic heterocycles. The maximum atomic E-state index is 5.80. The quantitative estimate of drug-likeness (QED) is 0.758. The van der Waals surface area contributed by atoms with Gasteiger partial charge in [-0.2, -0.15) is 0 Å². The monoisotopic (exact) mass is 300 g/mol. The van der Waals surface area contributed by atoms with Crippen molar-refractivity contribution >= 4 is 48.5 Å². The lowest BCUT2D eigenvalue weighted by atomic mass is 10.2. The number of fused-ring (bicyclic) bond motifs is 1. The van der Waals surface area contributed by atoms with Crippen LogP contribution in [-0.4, -0.2) is 4.98 Å². The van der Waals surface area contributed by atoms with Crippen LogP contribution >= 0.6 is 31.9 Å². The van der Waals surface area contributed by atoms with Gasteiger partial charge in [0.2, 0.25) is 0 Å². The molecule has 0 saturated carbocycles. The summed E-state index contributed by atoms with van der Waals surface area (Å²) in [5.41, 5.74) is 7.33. The van der Waals surface area contributed by atoms with Crippen LogP contribution in [0.3, 0.4) is 0 Å². The molecule has 0 atom stereocenters. The standard InChI is InChI=1S/C9H6Br2N2/c10-6-1-5-2-7(11)4-13-9(5)8(12)3-6/h1-4H,12H2. The van der Waals surface area contributed by atoms with Gasteiger partial charge >= 0.3 is 0 Å². The normalized spacial score (nSPS) is 10.6. The second-order valence-electron chi connectivity index (χ2n) is 2.72. The summed E-state index contributed by atoms with van der Waals surface area (Å²) in [6.07, 6.45) is 1.74. The van der Waals surface area contributed by atoms with Crippen LogP contribution in [0.25, 0.3) is 10.9 Å². The molecule has 0 aliphatic rings. The Bertz CT molecular complexity index is 463. The molecule has 66 valence electrons. The van der Waals surface area contributed by atoms with Gasteiger partial charge < -0.3 is 5.73 Å². The number of nitrogens with zero attached hydrogens (tertiary/aromatic N) is 1. The van der Waals surface area contributed by atoms with Crippen molar-refractivity contribution in [1.82, 2.24) is 4.98 Å². The van der Waals surface area contributed by atoms with E-state index >= 15 is 0 Å². The Morgan fingerprint density at radius 3 is 2.54 bits per heavy atom. The zero-order valence-corrected chi connectivity index (χ0v) is 9.76. The molecule has 2 aromatic rings. The van der Waals surface area contributed by atoms with E-state index in [4.69, 9.17) is 5.73 Å². The molecule has 0 amide bonds. The predicted octanol–water partition coefficient (Wildman–Crippen LogP) is 3.34. The lowest BCUT2D eigenvalue weighted by molar-refractivity contribution is 1.39. The van der Waals surface area contributed by atoms with Gasteiger partial charge in [-0.15, -0.1) is 0 Å². The summed E-state index contributed by atoms with van der Waals surface area (Å²) < 4.78 is 1.93. The van der Waals surface area contributed by atoms with E-state index in [9.17, 15) is 0 Å². The molecule has 0 unspecified atom stereocenters. The lowest BCUT2D eigenvalue weighted by Gasteiger charge is -2.02. The SMILES string of the molecule is Nc1cc(Br)cc2cc(Br)cnc12. The minimum absolute atomic E-state index is 0.692. The van der Waals surface area contributed by atoms with Crippen molar-refractivity contribution in [3.05, 3.63) is 33.3 Å². The van der Waals surface area contributed by atoms with Gasteiger partial charge in [-0.25, -0.2) is 0 Å². The van der Waals surface area contributed by atoms with Crippen molar-refractivity contribution in [2.75, 3.05) is 5.73 Å². The van der Waals surface area contributed by atoms with Crippen LogP contribution in [-0.2, 0) is 0 Å². The number of nitrogen functional groups attached to an aromatic ring is 1. The molecule has 0 aliphatic carbocycles. The summed E-state index contributed by atoms with van der Waals surface area (Å²) in [6.45, 7) is 0. The Hall–Kier alpha value is -0.610. The lowest BCUT2D eigenvalue weighted by Crippen LogP contribution is -1.89. The van der Waals surface area contributed by atoms with Crippen LogP contribution in [0.15, 0.2) is 33.3 Å². The first-order valence-corrected chi connectivity index (χ1v) is 5.26. The average Bonchev–Trinajstić information content (AvgIpc) is 2.02. The van der Waals surface area contributed by atoms with E-state index in [2.05, 4.69) is 36.8 Å². The molecule has 0 fully saturated rings. The van der Waals surface area contributed by atoms with E-state index in [0.29, 0.717) is 5.69 Å². The third-order valence-corrected chi connectivity index (χ3v) is 2.64. The van der Waals surface area contributed by atoms with E-state index in [1.54, 1.807) is 6.20 Å². The Morgan fingerprint density at radius 2 is 1.77 bits per heavy atom. The molecule has 0 saturated heterocycles. The van der Waals surface area contributed by atoms with Gasteiger partial charge in [-0.3, -0.25) is 4.98 Å². The molecule has 4 heteroatoms. The summed E-state index contributed by atoms with van der Waals surface area (Å²) in [5, 5.41) is 1.03. The smallest absolute Gasteiger partial charge is 0.0932 e. The van der Waals surface area contributed by atoms with Crippen LogP contribution in [0, 0.1) is 0 Å². The van der Waals surface area contributed by atoms with Crippen LogP contribution in [0.2, 0.25) is 0 Å². The van der Waals surface area contributed by atoms with Crippen molar-refractivity contribution in [3.63, 3.8) is 0 Å². The van der Waals surface area contributed by atoms with E-state index in [1.807, 2.05) is 18.2 Å². The Balaban J connectivity index is 2.86. The molecule has 2 nitrogen and oxygen atoms in total. The number of aromatic nitrogens is 1. The highest BCUT2D eigenvalue weighted by Crippen LogP contribution is 2.26. The first-order valence-electron chi connectivity index (χ1n) is 3.67. The van der Waals surface area contributed by atoms with E-state index in [-0.39, 0.29) is 0 Å². The Morgan fingerprint density at radius 1 is 1.08 bits per heavy atom. The minimum Gasteiger partial charge on any atom is -0.397 e. The molecule has 0 spiro atoms. The summed E-state index contributed by atoms with van der Waals surface area (Å²) in [6, 6.07) is 5.83. The highest BCUT2D eigenvalue weighted by molar-refractivity contribution is 9.10. The van der Waals surface area contributed by atoms with Crippen molar-refractivity contribution in [3.8, 4) is 0 Å². The number of hydrogen-bond acceptors (Lipinski definition) is 2. The van der Waals surface area contributed by atoms with Crippen molar-refractivity contribution in [2.45, 2.75) is 0 Å². The number of anilines is 1. The van der Waals surface area contributed by atoms with Crippen LogP contribution in [0.1, 0.15) is 0 Å². The molecule has 2 N–H and O–H groups in total. The molecule has 13 heavy (non-hydrogen) atoms. The van der Waals surface area contributed by atoms with Crippen molar-refractivity contribution in [2.24, 2.45) is 0 Å². The van der Waals surface area contributed by atoms with Gasteiger partial charge in [0.15, 0.2) is 0 Å². The maximum absolute atomic E-state index is 5.80. The highest BCUT2D eigenvalue weighted by atomic mass is 79.9. The molecule has 1 heterocycles. The zero-order valence-electron chi connectivity index (χ0n) is 6.59. The average molecular weight is 302 g/mol. The molecule has 0 bridgehead atoms. The molecular weight excluding hydrogens is 296 g/mol. The summed E-state index contributed by atoms with van der Waals surface area (Å²) in [7, 11) is 0. The largest absolute Gasteiger partial charge is 0.397 e. The van der Waals surface area contributed by atoms with Gasteiger partial charge in [0, 0.05) is 20.5 Å². The van der Waals surface area contributed by atoms with E-state index in [0.717, 1.165) is 19.8 Å². The topological polar surface area (TPSA) is 38.9 Å². The van der Waals surface area contributed by atoms with Gasteiger partial charge in [0.25, 0.3) is 0 Å².